The van der Waals surface area contributed by atoms with Crippen LogP contribution in [0, 0.1) is 0 Å². The molecule has 0 atom stereocenters. The summed E-state index contributed by atoms with van der Waals surface area (Å²) in [5, 5.41) is 2.71. The molecule has 18 heavy (non-hydrogen) atoms. The molecule has 0 saturated heterocycles. The molecule has 0 aliphatic rings. The van der Waals surface area contributed by atoms with E-state index in [2.05, 4.69) is 10.3 Å². The first kappa shape index (κ1) is 12.1. The Bertz CT molecular complexity index is 658. The van der Waals surface area contributed by atoms with Crippen LogP contribution in [-0.4, -0.2) is 21.2 Å². The Labute approximate surface area is 104 Å². The van der Waals surface area contributed by atoms with Gasteiger partial charge in [0.1, 0.15) is 0 Å². The zero-order chi connectivity index (χ0) is 13.1. The quantitative estimate of drug-likeness (QED) is 0.829. The molecule has 2 aromatic rings. The van der Waals surface area contributed by atoms with Crippen LogP contribution < -0.4 is 16.7 Å². The van der Waals surface area contributed by atoms with Gasteiger partial charge in [-0.25, -0.2) is 14.2 Å². The molecule has 94 valence electrons. The topological polar surface area (TPSA) is 68.9 Å². The molecule has 0 aliphatic carbocycles. The molecule has 1 N–H and O–H groups in total. The van der Waals surface area contributed by atoms with Crippen LogP contribution in [0.4, 0.5) is 5.95 Å². The van der Waals surface area contributed by atoms with E-state index in [-0.39, 0.29) is 18.2 Å². The Morgan fingerprint density at radius 3 is 2.50 bits per heavy atom. The number of benzene rings is 1. The highest BCUT2D eigenvalue weighted by molar-refractivity contribution is 5.22. The van der Waals surface area contributed by atoms with E-state index in [4.69, 9.17) is 0 Å². The summed E-state index contributed by atoms with van der Waals surface area (Å²) in [5.41, 5.74) is -0.0507. The summed E-state index contributed by atoms with van der Waals surface area (Å²) in [6.45, 7) is 0.226. The van der Waals surface area contributed by atoms with Crippen LogP contribution in [0.2, 0.25) is 0 Å². The Morgan fingerprint density at radius 1 is 1.22 bits per heavy atom. The van der Waals surface area contributed by atoms with Crippen LogP contribution in [0.15, 0.2) is 39.9 Å². The van der Waals surface area contributed by atoms with Crippen molar-refractivity contribution < 1.29 is 0 Å². The van der Waals surface area contributed by atoms with Gasteiger partial charge in [-0.3, -0.25) is 4.57 Å². The molecule has 2 rings (SSSR count). The lowest BCUT2D eigenvalue weighted by Crippen LogP contribution is -2.41. The summed E-state index contributed by atoms with van der Waals surface area (Å²) in [4.78, 5) is 27.6. The van der Waals surface area contributed by atoms with Crippen molar-refractivity contribution >= 4 is 5.95 Å². The SMILES string of the molecule is CNc1nc(=O)n(Cc2ccccc2)c(=O)n1C. The lowest BCUT2D eigenvalue weighted by atomic mass is 10.2. The molecule has 0 radical (unpaired) electrons. The molecular weight excluding hydrogens is 232 g/mol. The van der Waals surface area contributed by atoms with E-state index >= 15 is 0 Å². The molecule has 6 heteroatoms. The van der Waals surface area contributed by atoms with E-state index in [1.807, 2.05) is 30.3 Å². The van der Waals surface area contributed by atoms with E-state index in [9.17, 15) is 9.59 Å². The standard InChI is InChI=1S/C12H14N4O2/c1-13-10-14-11(17)16(12(18)15(10)2)8-9-6-4-3-5-7-9/h3-7H,8H2,1-2H3,(H,13,14,17). The van der Waals surface area contributed by atoms with Gasteiger partial charge in [-0.15, -0.1) is 0 Å². The minimum Gasteiger partial charge on any atom is -0.358 e. The Hall–Kier alpha value is -2.37. The molecule has 1 heterocycles. The van der Waals surface area contributed by atoms with Crippen LogP contribution in [0.1, 0.15) is 5.56 Å². The van der Waals surface area contributed by atoms with E-state index < -0.39 is 5.69 Å². The molecule has 0 saturated carbocycles. The van der Waals surface area contributed by atoms with E-state index in [0.29, 0.717) is 0 Å². The first-order chi connectivity index (χ1) is 8.63. The van der Waals surface area contributed by atoms with Gasteiger partial charge in [0.05, 0.1) is 6.54 Å². The molecule has 0 bridgehead atoms. The fourth-order valence-electron chi connectivity index (χ4n) is 1.70. The molecule has 0 aliphatic heterocycles. The lowest BCUT2D eigenvalue weighted by Gasteiger charge is -2.09. The minimum atomic E-state index is -0.550. The van der Waals surface area contributed by atoms with Crippen molar-refractivity contribution in [3.8, 4) is 0 Å². The number of rotatable bonds is 3. The average Bonchev–Trinajstić information content (AvgIpc) is 2.40. The van der Waals surface area contributed by atoms with Gasteiger partial charge in [-0.2, -0.15) is 4.98 Å². The van der Waals surface area contributed by atoms with Crippen LogP contribution >= 0.6 is 0 Å². The van der Waals surface area contributed by atoms with Gasteiger partial charge in [-0.05, 0) is 5.56 Å². The third-order valence-electron chi connectivity index (χ3n) is 2.68. The van der Waals surface area contributed by atoms with Gasteiger partial charge < -0.3 is 5.32 Å². The fourth-order valence-corrected chi connectivity index (χ4v) is 1.70. The third kappa shape index (κ3) is 2.17. The third-order valence-corrected chi connectivity index (χ3v) is 2.68. The van der Waals surface area contributed by atoms with Crippen LogP contribution in [0.5, 0.6) is 0 Å². The van der Waals surface area contributed by atoms with E-state index in [0.717, 1.165) is 10.1 Å². The fraction of sp³-hybridized carbons (Fsp3) is 0.250. The summed E-state index contributed by atoms with van der Waals surface area (Å²) >= 11 is 0. The van der Waals surface area contributed by atoms with Gasteiger partial charge >= 0.3 is 11.4 Å². The first-order valence-electron chi connectivity index (χ1n) is 5.53. The maximum Gasteiger partial charge on any atom is 0.355 e. The number of hydrogen-bond donors (Lipinski definition) is 1. The lowest BCUT2D eigenvalue weighted by molar-refractivity contribution is 0.612. The molecule has 6 nitrogen and oxygen atoms in total. The zero-order valence-corrected chi connectivity index (χ0v) is 10.3. The predicted molar refractivity (Wildman–Crippen MR) is 68.8 cm³/mol. The number of aromatic nitrogens is 3. The predicted octanol–water partition coefficient (Wildman–Crippen LogP) is 0.0320. The van der Waals surface area contributed by atoms with Gasteiger partial charge in [0.2, 0.25) is 5.95 Å². The normalized spacial score (nSPS) is 10.3. The van der Waals surface area contributed by atoms with Crippen molar-refractivity contribution in [2.75, 3.05) is 12.4 Å². The molecule has 0 spiro atoms. The van der Waals surface area contributed by atoms with Gasteiger partial charge in [0.15, 0.2) is 0 Å². The smallest absolute Gasteiger partial charge is 0.355 e. The Morgan fingerprint density at radius 2 is 1.89 bits per heavy atom. The molecule has 1 aromatic heterocycles. The van der Waals surface area contributed by atoms with Gasteiger partial charge in [0, 0.05) is 14.1 Å². The highest BCUT2D eigenvalue weighted by Crippen LogP contribution is 1.99. The second kappa shape index (κ2) is 4.87. The van der Waals surface area contributed by atoms with Crippen molar-refractivity contribution in [1.82, 2.24) is 14.1 Å². The average molecular weight is 246 g/mol. The van der Waals surface area contributed by atoms with Crippen molar-refractivity contribution in [3.05, 3.63) is 56.9 Å². The van der Waals surface area contributed by atoms with Crippen LogP contribution in [-0.2, 0) is 13.6 Å². The van der Waals surface area contributed by atoms with Crippen LogP contribution in [0.25, 0.3) is 0 Å². The second-order valence-electron chi connectivity index (χ2n) is 3.88. The number of nitrogens with one attached hydrogen (secondary N) is 1. The number of anilines is 1. The van der Waals surface area contributed by atoms with Crippen molar-refractivity contribution in [2.45, 2.75) is 6.54 Å². The van der Waals surface area contributed by atoms with Crippen LogP contribution in [0.3, 0.4) is 0 Å². The summed E-state index contributed by atoms with van der Waals surface area (Å²) in [6.07, 6.45) is 0. The zero-order valence-electron chi connectivity index (χ0n) is 10.3. The number of hydrogen-bond acceptors (Lipinski definition) is 4. The largest absolute Gasteiger partial charge is 0.358 e. The Kier molecular flexibility index (Phi) is 3.27. The molecule has 0 unspecified atom stereocenters. The van der Waals surface area contributed by atoms with E-state index in [1.54, 1.807) is 14.1 Å². The monoisotopic (exact) mass is 246 g/mol. The first-order valence-corrected chi connectivity index (χ1v) is 5.53. The van der Waals surface area contributed by atoms with Gasteiger partial charge in [-0.1, -0.05) is 30.3 Å². The Balaban J connectivity index is 2.50. The minimum absolute atomic E-state index is 0.226. The maximum atomic E-state index is 12.0. The van der Waals surface area contributed by atoms with Gasteiger partial charge in [0.25, 0.3) is 0 Å². The van der Waals surface area contributed by atoms with E-state index in [1.165, 1.54) is 4.57 Å². The highest BCUT2D eigenvalue weighted by atomic mass is 16.2. The summed E-state index contributed by atoms with van der Waals surface area (Å²) in [5.74, 6) is 0.259. The molecule has 0 amide bonds. The highest BCUT2D eigenvalue weighted by Gasteiger charge is 2.09. The molecular formula is C12H14N4O2. The maximum absolute atomic E-state index is 12.0. The van der Waals surface area contributed by atoms with Crippen molar-refractivity contribution in [3.63, 3.8) is 0 Å². The van der Waals surface area contributed by atoms with Crippen molar-refractivity contribution in [1.29, 1.82) is 0 Å². The number of nitrogens with zero attached hydrogens (tertiary/aromatic N) is 3. The van der Waals surface area contributed by atoms with Crippen molar-refractivity contribution in [2.24, 2.45) is 7.05 Å². The summed E-state index contributed by atoms with van der Waals surface area (Å²) < 4.78 is 2.42. The molecule has 1 aromatic carbocycles. The second-order valence-corrected chi connectivity index (χ2v) is 3.88. The molecule has 0 fully saturated rings. The summed E-state index contributed by atoms with van der Waals surface area (Å²) in [7, 11) is 3.19. The summed E-state index contributed by atoms with van der Waals surface area (Å²) in [6, 6.07) is 9.32.